The molecule has 1 aromatic heterocycles. The summed E-state index contributed by atoms with van der Waals surface area (Å²) in [6, 6.07) is 14.3. The molecular weight excluding hydrogens is 288 g/mol. The van der Waals surface area contributed by atoms with Crippen molar-refractivity contribution in [2.75, 3.05) is 13.1 Å². The van der Waals surface area contributed by atoms with Gasteiger partial charge < -0.3 is 9.64 Å². The summed E-state index contributed by atoms with van der Waals surface area (Å²) in [5, 5.41) is 0. The maximum atomic E-state index is 12.1. The first-order valence-corrected chi connectivity index (χ1v) is 7.92. The Morgan fingerprint density at radius 3 is 2.48 bits per heavy atom. The van der Waals surface area contributed by atoms with E-state index in [1.807, 2.05) is 51.2 Å². The summed E-state index contributed by atoms with van der Waals surface area (Å²) in [6.45, 7) is 6.97. The smallest absolute Gasteiger partial charge is 0.410 e. The van der Waals surface area contributed by atoms with Crippen LogP contribution < -0.4 is 0 Å². The molecule has 1 amide bonds. The third-order valence-electron chi connectivity index (χ3n) is 3.84. The predicted molar refractivity (Wildman–Crippen MR) is 90.2 cm³/mol. The van der Waals surface area contributed by atoms with Crippen LogP contribution in [0.15, 0.2) is 48.7 Å². The number of aromatic nitrogens is 1. The average Bonchev–Trinajstić information content (AvgIpc) is 2.45. The molecule has 1 aromatic carbocycles. The number of carbonyl (C=O) groups is 1. The fourth-order valence-corrected chi connectivity index (χ4v) is 2.73. The Morgan fingerprint density at radius 2 is 1.83 bits per heavy atom. The van der Waals surface area contributed by atoms with E-state index in [0.29, 0.717) is 13.1 Å². The first-order chi connectivity index (χ1) is 10.9. The first-order valence-electron chi connectivity index (χ1n) is 7.92. The lowest BCUT2D eigenvalue weighted by Crippen LogP contribution is -2.50. The van der Waals surface area contributed by atoms with Gasteiger partial charge in [0.25, 0.3) is 0 Å². The largest absolute Gasteiger partial charge is 0.444 e. The molecule has 23 heavy (non-hydrogen) atoms. The first kappa shape index (κ1) is 15.5. The van der Waals surface area contributed by atoms with Gasteiger partial charge in [0.05, 0.1) is 5.69 Å². The minimum atomic E-state index is -0.456. The zero-order valence-electron chi connectivity index (χ0n) is 13.8. The Hall–Kier alpha value is -2.36. The molecule has 2 heterocycles. The highest BCUT2D eigenvalue weighted by Gasteiger charge is 2.36. The van der Waals surface area contributed by atoms with Crippen LogP contribution in [0.1, 0.15) is 32.4 Å². The van der Waals surface area contributed by atoms with Crippen LogP contribution in [0.4, 0.5) is 4.79 Å². The van der Waals surface area contributed by atoms with Gasteiger partial charge in [-0.3, -0.25) is 4.98 Å². The summed E-state index contributed by atoms with van der Waals surface area (Å²) in [5.74, 6) is 0.263. The van der Waals surface area contributed by atoms with Crippen molar-refractivity contribution in [3.05, 3.63) is 54.4 Å². The highest BCUT2D eigenvalue weighted by molar-refractivity contribution is 5.71. The van der Waals surface area contributed by atoms with Crippen molar-refractivity contribution in [2.45, 2.75) is 32.3 Å². The number of pyridine rings is 1. The van der Waals surface area contributed by atoms with Crippen LogP contribution in [0.25, 0.3) is 11.1 Å². The molecule has 0 saturated carbocycles. The molecule has 0 N–H and O–H groups in total. The summed E-state index contributed by atoms with van der Waals surface area (Å²) >= 11 is 0. The fourth-order valence-electron chi connectivity index (χ4n) is 2.73. The normalized spacial score (nSPS) is 15.2. The van der Waals surface area contributed by atoms with Crippen LogP contribution in [0.2, 0.25) is 0 Å². The number of likely N-dealkylation sites (tertiary alicyclic amines) is 1. The number of benzene rings is 1. The molecule has 1 aliphatic heterocycles. The number of amides is 1. The molecule has 120 valence electrons. The lowest BCUT2D eigenvalue weighted by molar-refractivity contribution is 0.00792. The van der Waals surface area contributed by atoms with E-state index in [-0.39, 0.29) is 12.0 Å². The van der Waals surface area contributed by atoms with Crippen LogP contribution in [0, 0.1) is 0 Å². The van der Waals surface area contributed by atoms with E-state index in [2.05, 4.69) is 23.2 Å². The summed E-state index contributed by atoms with van der Waals surface area (Å²) in [6.07, 6.45) is 1.57. The molecule has 4 nitrogen and oxygen atoms in total. The zero-order valence-corrected chi connectivity index (χ0v) is 13.8. The molecule has 4 heteroatoms. The molecule has 0 aliphatic carbocycles. The van der Waals surface area contributed by atoms with Crippen LogP contribution >= 0.6 is 0 Å². The maximum Gasteiger partial charge on any atom is 0.410 e. The van der Waals surface area contributed by atoms with Gasteiger partial charge in [-0.1, -0.05) is 36.4 Å². The third-order valence-corrected chi connectivity index (χ3v) is 3.84. The van der Waals surface area contributed by atoms with Crippen LogP contribution in [0.5, 0.6) is 0 Å². The molecule has 0 atom stereocenters. The van der Waals surface area contributed by atoms with Crippen molar-refractivity contribution in [1.82, 2.24) is 9.88 Å². The molecule has 1 saturated heterocycles. The average molecular weight is 310 g/mol. The van der Waals surface area contributed by atoms with E-state index in [0.717, 1.165) is 16.8 Å². The summed E-state index contributed by atoms with van der Waals surface area (Å²) in [5.41, 5.74) is 2.90. The van der Waals surface area contributed by atoms with Gasteiger partial charge in [-0.05, 0) is 32.4 Å². The van der Waals surface area contributed by atoms with Gasteiger partial charge in [0.1, 0.15) is 5.60 Å². The monoisotopic (exact) mass is 310 g/mol. The molecule has 2 aromatic rings. The lowest BCUT2D eigenvalue weighted by atomic mass is 9.90. The van der Waals surface area contributed by atoms with Crippen molar-refractivity contribution in [1.29, 1.82) is 0 Å². The zero-order chi connectivity index (χ0) is 16.4. The Morgan fingerprint density at radius 1 is 1.13 bits per heavy atom. The molecule has 1 fully saturated rings. The third kappa shape index (κ3) is 3.52. The summed E-state index contributed by atoms with van der Waals surface area (Å²) in [7, 11) is 0. The van der Waals surface area contributed by atoms with Crippen molar-refractivity contribution < 1.29 is 9.53 Å². The standard InChI is InChI=1S/C19H22N2O2/c1-19(2,3)23-18(22)21-12-15(13-21)17-16(10-7-11-20-17)14-8-5-4-6-9-14/h4-11,15H,12-13H2,1-3H3. The molecule has 0 unspecified atom stereocenters. The second-order valence-corrected chi connectivity index (χ2v) is 6.88. The highest BCUT2D eigenvalue weighted by atomic mass is 16.6. The van der Waals surface area contributed by atoms with Gasteiger partial charge in [0, 0.05) is 30.8 Å². The predicted octanol–water partition coefficient (Wildman–Crippen LogP) is 4.08. The van der Waals surface area contributed by atoms with Gasteiger partial charge in [-0.15, -0.1) is 0 Å². The Labute approximate surface area is 137 Å². The Kier molecular flexibility index (Phi) is 4.07. The molecule has 3 rings (SSSR count). The minimum Gasteiger partial charge on any atom is -0.444 e. The summed E-state index contributed by atoms with van der Waals surface area (Å²) in [4.78, 5) is 18.4. The number of carbonyl (C=O) groups excluding carboxylic acids is 1. The summed E-state index contributed by atoms with van der Waals surface area (Å²) < 4.78 is 5.41. The van der Waals surface area contributed by atoms with E-state index in [1.165, 1.54) is 0 Å². The topological polar surface area (TPSA) is 42.4 Å². The SMILES string of the molecule is CC(C)(C)OC(=O)N1CC(c2ncccc2-c2ccccc2)C1. The number of hydrogen-bond donors (Lipinski definition) is 0. The molecule has 0 bridgehead atoms. The van der Waals surface area contributed by atoms with Crippen LogP contribution in [-0.2, 0) is 4.74 Å². The molecule has 0 spiro atoms. The lowest BCUT2D eigenvalue weighted by Gasteiger charge is -2.40. The van der Waals surface area contributed by atoms with Crippen molar-refractivity contribution >= 4 is 6.09 Å². The van der Waals surface area contributed by atoms with Gasteiger partial charge in [-0.2, -0.15) is 0 Å². The van der Waals surface area contributed by atoms with Gasteiger partial charge in [-0.25, -0.2) is 4.79 Å². The second kappa shape index (κ2) is 6.03. The second-order valence-electron chi connectivity index (χ2n) is 6.88. The van der Waals surface area contributed by atoms with Gasteiger partial charge in [0.2, 0.25) is 0 Å². The molecule has 0 radical (unpaired) electrons. The van der Waals surface area contributed by atoms with Crippen molar-refractivity contribution in [3.63, 3.8) is 0 Å². The molecular formula is C19H22N2O2. The Bertz CT molecular complexity index is 686. The van der Waals surface area contributed by atoms with Gasteiger partial charge in [0.15, 0.2) is 0 Å². The van der Waals surface area contributed by atoms with E-state index in [1.54, 1.807) is 4.90 Å². The highest BCUT2D eigenvalue weighted by Crippen LogP contribution is 2.33. The van der Waals surface area contributed by atoms with E-state index in [9.17, 15) is 4.79 Å². The number of rotatable bonds is 2. The quantitative estimate of drug-likeness (QED) is 0.839. The van der Waals surface area contributed by atoms with E-state index < -0.39 is 5.60 Å². The van der Waals surface area contributed by atoms with E-state index >= 15 is 0 Å². The fraction of sp³-hybridized carbons (Fsp3) is 0.368. The minimum absolute atomic E-state index is 0.244. The number of nitrogens with zero attached hydrogens (tertiary/aromatic N) is 2. The molecule has 1 aliphatic rings. The number of ether oxygens (including phenoxy) is 1. The van der Waals surface area contributed by atoms with E-state index in [4.69, 9.17) is 4.74 Å². The van der Waals surface area contributed by atoms with Crippen molar-refractivity contribution in [3.8, 4) is 11.1 Å². The van der Waals surface area contributed by atoms with Crippen molar-refractivity contribution in [2.24, 2.45) is 0 Å². The number of hydrogen-bond acceptors (Lipinski definition) is 3. The van der Waals surface area contributed by atoms with Crippen LogP contribution in [0.3, 0.4) is 0 Å². The maximum absolute atomic E-state index is 12.1. The van der Waals surface area contributed by atoms with Crippen LogP contribution in [-0.4, -0.2) is 34.7 Å². The Balaban J connectivity index is 1.73. The van der Waals surface area contributed by atoms with Gasteiger partial charge >= 0.3 is 6.09 Å².